The third-order valence-electron chi connectivity index (χ3n) is 9.45. The largest absolute Gasteiger partial charge is 0.490 e. The van der Waals surface area contributed by atoms with E-state index in [1.807, 2.05) is 0 Å². The Morgan fingerprint density at radius 1 is 0.699 bits per heavy atom. The van der Waals surface area contributed by atoms with Crippen LogP contribution in [-0.4, -0.2) is 131 Å². The molecule has 2 aliphatic rings. The molecule has 10 atom stereocenters. The molecule has 0 bridgehead atoms. The Hall–Kier alpha value is -2.76. The van der Waals surface area contributed by atoms with Crippen LogP contribution in [0.25, 0.3) is 22.1 Å². The van der Waals surface area contributed by atoms with Gasteiger partial charge < -0.3 is 89.4 Å². The van der Waals surface area contributed by atoms with E-state index < -0.39 is 103 Å². The highest BCUT2D eigenvalue weighted by Crippen LogP contribution is 2.67. The molecular weight excluding hydrogens is 1150 g/mol. The fraction of sp³-hybridized carbons (Fsp3) is 0.484. The van der Waals surface area contributed by atoms with Crippen molar-refractivity contribution >= 4 is 96.4 Å². The molecule has 6 rings (SSSR count). The van der Waals surface area contributed by atoms with Crippen LogP contribution in [0, 0.1) is 30.6 Å². The van der Waals surface area contributed by atoms with Crippen molar-refractivity contribution in [2.75, 3.05) is 43.9 Å². The van der Waals surface area contributed by atoms with Gasteiger partial charge >= 0.3 is 46.9 Å². The summed E-state index contributed by atoms with van der Waals surface area (Å²) in [5.41, 5.74) is 17.7. The van der Waals surface area contributed by atoms with E-state index in [1.165, 1.54) is 34.8 Å². The predicted octanol–water partition coefficient (Wildman–Crippen LogP) is 1.01. The number of fused-ring (bicyclic) bond motifs is 2. The Kier molecular flexibility index (Phi) is 19.8. The number of phosphoric ester groups is 2. The highest BCUT2D eigenvalue weighted by molar-refractivity contribution is 8.76. The van der Waals surface area contributed by atoms with E-state index in [0.717, 1.165) is 21.6 Å². The summed E-state index contributed by atoms with van der Waals surface area (Å²) in [4.78, 5) is 104. The average molecular weight is 1190 g/mol. The molecule has 0 aromatic carbocycles. The van der Waals surface area contributed by atoms with Gasteiger partial charge in [0.2, 0.25) is 0 Å². The minimum atomic E-state index is -5.89. The number of ether oxygens (including phenoxy) is 4. The fourth-order valence-electron chi connectivity index (χ4n) is 6.93. The third kappa shape index (κ3) is 16.9. The number of nitrogens with zero attached hydrogens (tertiary/aromatic N) is 5. The molecule has 404 valence electrons. The number of nitrogens with two attached hydrogens (primary N) is 3. The Morgan fingerprint density at radius 3 is 1.60 bits per heavy atom. The minimum absolute atomic E-state index is 0.0110. The van der Waals surface area contributed by atoms with Crippen LogP contribution < -0.4 is 22.8 Å². The SMILES string of the molecule is Cc1nc2c(c(C#CCN)cn2[C@H]2C[C@@H](OCSSCO[C@@H]3C[C@H](n4cc(C#CCN)c5c(N)ncnc54)O[C@@H]3COP(=O)(O)OP(=O)(O)OP(=O)(O)O)[C@@H](COP(=O)(O)OP(=O)(O)OP(=O)(O)O)O2)c(=O)[nH]1. The Labute approximate surface area is 417 Å². The Balaban J connectivity index is 1.16. The van der Waals surface area contributed by atoms with Gasteiger partial charge in [-0.1, -0.05) is 45.3 Å². The van der Waals surface area contributed by atoms with E-state index in [0.29, 0.717) is 10.9 Å². The number of aryl methyl sites for hydroxylation is 1. The molecule has 2 saturated heterocycles. The van der Waals surface area contributed by atoms with Gasteiger partial charge in [0, 0.05) is 25.2 Å². The number of aromatic amines is 1. The summed E-state index contributed by atoms with van der Waals surface area (Å²) in [6.07, 6.45) is -2.65. The van der Waals surface area contributed by atoms with Crippen molar-refractivity contribution in [2.45, 2.75) is 56.6 Å². The van der Waals surface area contributed by atoms with Crippen LogP contribution in [0.3, 0.4) is 0 Å². The zero-order chi connectivity index (χ0) is 53.7. The number of nitrogens with one attached hydrogen (secondary N) is 1. The Bertz CT molecular complexity index is 3170. The van der Waals surface area contributed by atoms with Crippen LogP contribution in [0.4, 0.5) is 5.82 Å². The lowest BCUT2D eigenvalue weighted by Crippen LogP contribution is -2.29. The van der Waals surface area contributed by atoms with Crippen LogP contribution in [-0.2, 0) is 72.6 Å². The molecule has 6 heterocycles. The maximum Gasteiger partial charge on any atom is 0.490 e. The molecule has 73 heavy (non-hydrogen) atoms. The second kappa shape index (κ2) is 24.3. The van der Waals surface area contributed by atoms with Crippen molar-refractivity contribution in [1.82, 2.24) is 29.1 Å². The zero-order valence-corrected chi connectivity index (χ0v) is 43.8. The normalized spacial score (nSPS) is 23.8. The average Bonchev–Trinajstić information content (AvgIpc) is 4.02. The lowest BCUT2D eigenvalue weighted by atomic mass is 10.2. The molecule has 15 N–H and O–H groups in total. The van der Waals surface area contributed by atoms with E-state index in [2.05, 4.69) is 60.9 Å². The van der Waals surface area contributed by atoms with E-state index in [4.69, 9.17) is 64.8 Å². The first kappa shape index (κ1) is 59.5. The van der Waals surface area contributed by atoms with Crippen molar-refractivity contribution in [1.29, 1.82) is 0 Å². The number of anilines is 1. The molecule has 4 unspecified atom stereocenters. The number of phosphoric acid groups is 6. The second-order valence-electron chi connectivity index (χ2n) is 14.6. The van der Waals surface area contributed by atoms with Gasteiger partial charge in [-0.3, -0.25) is 13.8 Å². The van der Waals surface area contributed by atoms with Gasteiger partial charge in [0.15, 0.2) is 5.65 Å². The highest BCUT2D eigenvalue weighted by atomic mass is 33.1. The van der Waals surface area contributed by atoms with E-state index in [9.17, 15) is 51.8 Å². The van der Waals surface area contributed by atoms with E-state index in [-0.39, 0.29) is 71.7 Å². The Morgan fingerprint density at radius 2 is 1.15 bits per heavy atom. The summed E-state index contributed by atoms with van der Waals surface area (Å²) in [5.74, 6) is 10.9. The molecule has 4 aromatic heterocycles. The van der Waals surface area contributed by atoms with E-state index >= 15 is 0 Å². The molecular formula is C31H43N9O25P6S2. The number of H-pyrrole nitrogens is 1. The van der Waals surface area contributed by atoms with Crippen LogP contribution >= 0.6 is 68.5 Å². The van der Waals surface area contributed by atoms with Crippen molar-refractivity contribution in [3.8, 4) is 23.7 Å². The molecule has 0 saturated carbocycles. The standard InChI is InChI=1S/C31H43N9O25P6S2/c1-17-37-30-27(31(41)38-17)19(5-3-7-33)11-40(30)25-9-21(23(61-25)13-59-69(50,51)65-71(54,55)63-67(45,46)47)57-16-73-72-15-56-20-8-24(39-10-18(4-2-6-32)26-28(34)35-14-36-29(26)39)60-22(20)12-58-68(48,49)64-70(52,53)62-66(42,43)44/h10-11,14,20-25H,6-9,12-13,15-16,32-33H2,1H3,(H,48,49)(H,50,51)(H,52,53)(H,54,55)(H2,34,35,36)(H,37,38,41)(H2,42,43,44)(H2,45,46,47)/t20-,21-,22-,23-,24-,25-/m1/s1. The van der Waals surface area contributed by atoms with Crippen molar-refractivity contribution < 1.29 is 112 Å². The first-order valence-electron chi connectivity index (χ1n) is 19.9. The molecule has 42 heteroatoms. The van der Waals surface area contributed by atoms with Crippen LogP contribution in [0.2, 0.25) is 0 Å². The monoisotopic (exact) mass is 1190 g/mol. The molecule has 0 aliphatic carbocycles. The van der Waals surface area contributed by atoms with Gasteiger partial charge in [0.05, 0.1) is 60.4 Å². The van der Waals surface area contributed by atoms with Crippen LogP contribution in [0.1, 0.15) is 42.2 Å². The van der Waals surface area contributed by atoms with Gasteiger partial charge in [0.1, 0.15) is 60.2 Å². The zero-order valence-electron chi connectivity index (χ0n) is 36.8. The maximum absolute atomic E-state index is 13.0. The topological polar surface area (TPSA) is 516 Å². The molecule has 4 aromatic rings. The number of hydrogen-bond donors (Lipinski definition) is 12. The maximum atomic E-state index is 13.0. The van der Waals surface area contributed by atoms with Gasteiger partial charge in [-0.15, -0.1) is 0 Å². The minimum Gasteiger partial charge on any atom is -0.383 e. The summed E-state index contributed by atoms with van der Waals surface area (Å²) in [6.45, 7) is -0.364. The fourth-order valence-corrected chi connectivity index (χ4v) is 14.3. The molecule has 34 nitrogen and oxygen atoms in total. The lowest BCUT2D eigenvalue weighted by Gasteiger charge is -2.21. The number of rotatable bonds is 23. The summed E-state index contributed by atoms with van der Waals surface area (Å²) in [5, 5.41) is 0.419. The highest BCUT2D eigenvalue weighted by Gasteiger charge is 2.46. The molecule has 0 amide bonds. The number of nitrogen functional groups attached to an aromatic ring is 1. The van der Waals surface area contributed by atoms with Gasteiger partial charge in [-0.2, -0.15) is 17.2 Å². The van der Waals surface area contributed by atoms with Crippen molar-refractivity contribution in [3.05, 3.63) is 46.0 Å². The first-order valence-corrected chi connectivity index (χ1v) is 31.5. The van der Waals surface area contributed by atoms with Gasteiger partial charge in [-0.05, 0) is 6.92 Å². The summed E-state index contributed by atoms with van der Waals surface area (Å²) >= 11 is 0. The molecule has 2 aliphatic heterocycles. The molecule has 0 spiro atoms. The van der Waals surface area contributed by atoms with E-state index in [1.54, 1.807) is 0 Å². The smallest absolute Gasteiger partial charge is 0.383 e. The first-order chi connectivity index (χ1) is 34.0. The summed E-state index contributed by atoms with van der Waals surface area (Å²) < 4.78 is 124. The summed E-state index contributed by atoms with van der Waals surface area (Å²) in [6, 6.07) is 0. The number of aromatic nitrogens is 6. The van der Waals surface area contributed by atoms with Crippen LogP contribution in [0.5, 0.6) is 0 Å². The van der Waals surface area contributed by atoms with Crippen molar-refractivity contribution in [3.63, 3.8) is 0 Å². The predicted molar refractivity (Wildman–Crippen MR) is 250 cm³/mol. The number of hydrogen-bond acceptors (Lipinski definition) is 25. The quantitative estimate of drug-likeness (QED) is 0.0162. The van der Waals surface area contributed by atoms with Crippen LogP contribution in [0.15, 0.2) is 23.5 Å². The summed E-state index contributed by atoms with van der Waals surface area (Å²) in [7, 11) is -32.3. The van der Waals surface area contributed by atoms with Crippen molar-refractivity contribution in [2.24, 2.45) is 11.5 Å². The molecule has 2 fully saturated rings. The third-order valence-corrected chi connectivity index (χ3v) is 18.8. The lowest BCUT2D eigenvalue weighted by molar-refractivity contribution is -0.0524. The van der Waals surface area contributed by atoms with Gasteiger partial charge in [-0.25, -0.2) is 42.3 Å². The van der Waals surface area contributed by atoms with Gasteiger partial charge in [0.25, 0.3) is 5.56 Å². The second-order valence-corrected chi connectivity index (χ2v) is 25.8. The molecule has 0 radical (unpaired) electrons.